The molecule has 0 bridgehead atoms. The zero-order chi connectivity index (χ0) is 37.2. The standard InChI is InChI=1S/C29H20N8O12S2.3Na/c30-25-24-14(11-22(50(44,45)46)26(25)35-32-17-5-8-19(9-6-17)37(42)43)12-23(51(47,48)49)27(28(24)39)36-33-16-3-1-15(2-4-16)31-34-18-7-10-21(38)20(13-18)29(40)41;;;/h1-13,31,33H,30H2,(H,40,41)(H,44,45,46)(H,47,48,49);;;/q;3*+1/p-3/b34-18-,35-32?,36-27+;;;. The number of benzene rings is 3. The van der Waals surface area contributed by atoms with Crippen molar-refractivity contribution in [2.75, 3.05) is 16.6 Å². The number of carboxylic acid groups (broad SMARTS) is 1. The second-order valence-corrected chi connectivity index (χ2v) is 12.9. The molecule has 3 aromatic rings. The van der Waals surface area contributed by atoms with Gasteiger partial charge < -0.3 is 24.7 Å². The van der Waals surface area contributed by atoms with Crippen molar-refractivity contribution in [3.8, 4) is 0 Å². The van der Waals surface area contributed by atoms with Gasteiger partial charge in [-0.25, -0.2) is 16.8 Å². The number of hydrazone groups is 2. The molecule has 4 N–H and O–H groups in total. The molecule has 0 heterocycles. The molecule has 0 saturated heterocycles. The van der Waals surface area contributed by atoms with Gasteiger partial charge in [0.2, 0.25) is 5.78 Å². The molecule has 0 aliphatic heterocycles. The Morgan fingerprint density at radius 1 is 0.796 bits per heavy atom. The van der Waals surface area contributed by atoms with Crippen LogP contribution in [0.25, 0.3) is 6.08 Å². The summed E-state index contributed by atoms with van der Waals surface area (Å²) >= 11 is 0. The Balaban J connectivity index is 0.00000336. The zero-order valence-corrected chi connectivity index (χ0v) is 35.7. The number of hydrogen-bond donors (Lipinski definition) is 3. The van der Waals surface area contributed by atoms with Gasteiger partial charge in [-0.3, -0.25) is 30.6 Å². The smallest absolute Gasteiger partial charge is 0.744 e. The van der Waals surface area contributed by atoms with Gasteiger partial charge in [-0.05, 0) is 72.3 Å². The number of nitrogens with zero attached hydrogens (tertiary/aromatic N) is 5. The fourth-order valence-corrected chi connectivity index (χ4v) is 5.76. The Morgan fingerprint density at radius 2 is 1.37 bits per heavy atom. The summed E-state index contributed by atoms with van der Waals surface area (Å²) in [6.07, 6.45) is 3.88. The largest absolute Gasteiger partial charge is 1.00 e. The van der Waals surface area contributed by atoms with Crippen molar-refractivity contribution in [1.82, 2.24) is 0 Å². The summed E-state index contributed by atoms with van der Waals surface area (Å²) in [5, 5.41) is 37.2. The fraction of sp³-hybridized carbons (Fsp3) is 0. The zero-order valence-electron chi connectivity index (χ0n) is 28.0. The molecule has 260 valence electrons. The van der Waals surface area contributed by atoms with Gasteiger partial charge >= 0.3 is 88.7 Å². The molecule has 0 atom stereocenters. The Kier molecular flexibility index (Phi) is 16.1. The minimum atomic E-state index is -5.46. The number of nitrogens with one attached hydrogen (secondary N) is 2. The average Bonchev–Trinajstić information content (AvgIpc) is 3.06. The quantitative estimate of drug-likeness (QED) is 0.0251. The van der Waals surface area contributed by atoms with Crippen molar-refractivity contribution < 1.29 is 139 Å². The third-order valence-electron chi connectivity index (χ3n) is 6.84. The molecule has 0 unspecified atom stereocenters. The summed E-state index contributed by atoms with van der Waals surface area (Å²) in [5.41, 5.74) is 7.18. The molecule has 25 heteroatoms. The maximum Gasteiger partial charge on any atom is 1.00 e. The van der Waals surface area contributed by atoms with Gasteiger partial charge in [0.1, 0.15) is 31.6 Å². The van der Waals surface area contributed by atoms with Gasteiger partial charge in [-0.2, -0.15) is 15.3 Å². The van der Waals surface area contributed by atoms with E-state index in [1.54, 1.807) is 0 Å². The first-order valence-corrected chi connectivity index (χ1v) is 16.5. The van der Waals surface area contributed by atoms with Gasteiger partial charge in [0.15, 0.2) is 5.78 Å². The molecule has 0 aromatic heterocycles. The van der Waals surface area contributed by atoms with Crippen LogP contribution in [0.3, 0.4) is 0 Å². The van der Waals surface area contributed by atoms with E-state index >= 15 is 0 Å². The number of fused-ring (bicyclic) bond motifs is 1. The van der Waals surface area contributed by atoms with Crippen LogP contribution < -0.4 is 110 Å². The first-order valence-electron chi connectivity index (χ1n) is 13.7. The molecular formula is C29H17N8Na3O12S2. The van der Waals surface area contributed by atoms with Crippen LogP contribution >= 0.6 is 0 Å². The number of carbonyl (C=O) groups excluding carboxylic acids is 3. The third kappa shape index (κ3) is 10.7. The first-order chi connectivity index (χ1) is 23.9. The van der Waals surface area contributed by atoms with Crippen molar-refractivity contribution in [3.05, 3.63) is 105 Å². The second-order valence-electron chi connectivity index (χ2n) is 10.2. The second kappa shape index (κ2) is 18.7. The molecule has 0 spiro atoms. The third-order valence-corrected chi connectivity index (χ3v) is 8.54. The van der Waals surface area contributed by atoms with Gasteiger partial charge in [0, 0.05) is 17.7 Å². The Bertz CT molecular complexity index is 2470. The normalized spacial score (nSPS) is 15.3. The minimum absolute atomic E-state index is 0. The van der Waals surface area contributed by atoms with Crippen LogP contribution in [0.2, 0.25) is 0 Å². The monoisotopic (exact) mass is 802 g/mol. The minimum Gasteiger partial charge on any atom is -0.744 e. The van der Waals surface area contributed by atoms with Crippen molar-refractivity contribution in [1.29, 1.82) is 0 Å². The molecule has 0 amide bonds. The number of Topliss-reactive ketones (excluding diaryl/α,β-unsaturated/α-hetero) is 1. The Labute approximate surface area is 371 Å². The average molecular weight is 803 g/mol. The number of nitrogen functional groups attached to an aromatic ring is 1. The van der Waals surface area contributed by atoms with E-state index in [9.17, 15) is 55.5 Å². The van der Waals surface area contributed by atoms with E-state index in [-0.39, 0.29) is 111 Å². The molecule has 3 aromatic carbocycles. The van der Waals surface area contributed by atoms with Crippen LogP contribution in [0.5, 0.6) is 0 Å². The van der Waals surface area contributed by atoms with E-state index in [2.05, 4.69) is 31.3 Å². The Morgan fingerprint density at radius 3 is 1.89 bits per heavy atom. The van der Waals surface area contributed by atoms with Crippen molar-refractivity contribution in [2.24, 2.45) is 20.4 Å². The summed E-state index contributed by atoms with van der Waals surface area (Å²) < 4.78 is 73.0. The van der Waals surface area contributed by atoms with Crippen LogP contribution in [-0.2, 0) is 29.8 Å². The number of non-ortho nitro benzene ring substituents is 1. The molecule has 2 aliphatic carbocycles. The van der Waals surface area contributed by atoms with Gasteiger partial charge in [-0.15, -0.1) is 5.11 Å². The molecule has 20 nitrogen and oxygen atoms in total. The maximum atomic E-state index is 13.6. The summed E-state index contributed by atoms with van der Waals surface area (Å²) in [4.78, 5) is 44.2. The van der Waals surface area contributed by atoms with Crippen LogP contribution in [0.15, 0.2) is 109 Å². The van der Waals surface area contributed by atoms with Crippen LogP contribution in [0.1, 0.15) is 15.9 Å². The number of carboxylic acids is 1. The van der Waals surface area contributed by atoms with Crippen LogP contribution in [0, 0.1) is 10.1 Å². The molecular weight excluding hydrogens is 785 g/mol. The van der Waals surface area contributed by atoms with E-state index in [0.717, 1.165) is 36.4 Å². The molecule has 2 aliphatic rings. The topological polar surface area (TPSA) is 331 Å². The van der Waals surface area contributed by atoms with Crippen LogP contribution in [-0.4, -0.2) is 59.8 Å². The van der Waals surface area contributed by atoms with Gasteiger partial charge in [0.05, 0.1) is 54.7 Å². The number of nitro groups is 1. The number of rotatable bonds is 10. The SMILES string of the molecule is Nc1c(N=Nc2ccc([N+](=O)[O-])cc2)c(S(=O)(=O)[O-])cc2c1C(=O)/C(=N/Nc1ccc(N/N=C3/C=CC(=O)C(C(=O)[O-])=C3)cc1)C(S(=O)(=O)[O-])=C2.[Na+].[Na+].[Na+]. The number of nitrogens with two attached hydrogens (primary N) is 1. The van der Waals surface area contributed by atoms with E-state index in [1.165, 1.54) is 30.3 Å². The summed E-state index contributed by atoms with van der Waals surface area (Å²) in [5.74, 6) is -3.71. The predicted octanol–water partition coefficient (Wildman–Crippen LogP) is -7.36. The van der Waals surface area contributed by atoms with Gasteiger partial charge in [-0.1, -0.05) is 0 Å². The Hall–Kier alpha value is -3.75. The van der Waals surface area contributed by atoms with Crippen LogP contribution in [0.4, 0.5) is 34.1 Å². The summed E-state index contributed by atoms with van der Waals surface area (Å²) in [7, 11) is -10.9. The van der Waals surface area contributed by atoms with E-state index < -0.39 is 86.3 Å². The van der Waals surface area contributed by atoms with E-state index in [4.69, 9.17) is 5.73 Å². The molecule has 0 saturated carbocycles. The van der Waals surface area contributed by atoms with E-state index in [0.29, 0.717) is 17.8 Å². The number of aliphatic carboxylic acids is 1. The fourth-order valence-electron chi connectivity index (χ4n) is 4.45. The van der Waals surface area contributed by atoms with Crippen molar-refractivity contribution in [3.63, 3.8) is 0 Å². The molecule has 0 radical (unpaired) electrons. The van der Waals surface area contributed by atoms with Crippen molar-refractivity contribution >= 4 is 89.4 Å². The molecule has 0 fully saturated rings. The predicted molar refractivity (Wildman–Crippen MR) is 174 cm³/mol. The summed E-state index contributed by atoms with van der Waals surface area (Å²) in [6.45, 7) is 0. The molecule has 5 rings (SSSR count). The van der Waals surface area contributed by atoms with Crippen molar-refractivity contribution in [2.45, 2.75) is 4.90 Å². The number of nitro benzene ring substituents is 1. The maximum absolute atomic E-state index is 13.6. The number of hydrogen-bond acceptors (Lipinski definition) is 19. The number of carbonyl (C=O) groups is 3. The number of azo groups is 1. The number of allylic oxidation sites excluding steroid dienone is 4. The number of anilines is 3. The summed E-state index contributed by atoms with van der Waals surface area (Å²) in [6, 6.07) is 10.6. The number of ketones is 2. The van der Waals surface area contributed by atoms with Gasteiger partial charge in [0.25, 0.3) is 5.69 Å². The van der Waals surface area contributed by atoms with E-state index in [1.807, 2.05) is 0 Å². The molecule has 54 heavy (non-hydrogen) atoms. The first kappa shape index (κ1) is 46.4.